The largest absolute Gasteiger partial charge is 0.314 e. The van der Waals surface area contributed by atoms with Gasteiger partial charge in [0.25, 0.3) is 0 Å². The Morgan fingerprint density at radius 2 is 1.86 bits per heavy atom. The van der Waals surface area contributed by atoms with Crippen molar-refractivity contribution in [2.24, 2.45) is 11.3 Å². The molecule has 124 valence electrons. The van der Waals surface area contributed by atoms with Crippen LogP contribution in [0, 0.1) is 11.3 Å². The fourth-order valence-electron chi connectivity index (χ4n) is 4.69. The normalized spacial score (nSPS) is 30.1. The van der Waals surface area contributed by atoms with E-state index in [1.807, 2.05) is 0 Å². The number of nitrogens with one attached hydrogen (secondary N) is 1. The highest BCUT2D eigenvalue weighted by Crippen LogP contribution is 2.37. The smallest absolute Gasteiger partial charge is 0.0124 e. The Kier molecular flexibility index (Phi) is 6.55. The second kappa shape index (κ2) is 7.97. The second-order valence-electron chi connectivity index (χ2n) is 8.32. The van der Waals surface area contributed by atoms with Crippen LogP contribution in [-0.4, -0.2) is 36.6 Å². The molecule has 2 rings (SSSR count). The summed E-state index contributed by atoms with van der Waals surface area (Å²) >= 11 is 0. The summed E-state index contributed by atoms with van der Waals surface area (Å²) < 4.78 is 0. The van der Waals surface area contributed by atoms with Crippen LogP contribution in [0.3, 0.4) is 0 Å². The predicted octanol–water partition coefficient (Wildman–Crippen LogP) is 4.45. The minimum atomic E-state index is 0.443. The quantitative estimate of drug-likeness (QED) is 0.746. The molecule has 21 heavy (non-hydrogen) atoms. The maximum atomic E-state index is 3.71. The Labute approximate surface area is 133 Å². The van der Waals surface area contributed by atoms with Crippen molar-refractivity contribution in [2.45, 2.75) is 91.1 Å². The summed E-state index contributed by atoms with van der Waals surface area (Å²) in [7, 11) is 0. The molecule has 0 aromatic rings. The van der Waals surface area contributed by atoms with Gasteiger partial charge in [0.2, 0.25) is 0 Å². The number of nitrogens with zero attached hydrogens (tertiary/aromatic N) is 1. The van der Waals surface area contributed by atoms with E-state index in [9.17, 15) is 0 Å². The van der Waals surface area contributed by atoms with Crippen LogP contribution in [0.1, 0.15) is 79.1 Å². The SMILES string of the molecule is CCCC(C)(CNC(C)C)CN1CCCC2CCCCC21. The fraction of sp³-hybridized carbons (Fsp3) is 1.00. The molecule has 3 unspecified atom stereocenters. The number of fused-ring (bicyclic) bond motifs is 1. The van der Waals surface area contributed by atoms with Gasteiger partial charge in [0.15, 0.2) is 0 Å². The first-order chi connectivity index (χ1) is 10.0. The summed E-state index contributed by atoms with van der Waals surface area (Å²) in [6, 6.07) is 1.51. The average Bonchev–Trinajstić information content (AvgIpc) is 2.46. The van der Waals surface area contributed by atoms with Crippen LogP contribution in [-0.2, 0) is 0 Å². The van der Waals surface area contributed by atoms with E-state index in [0.29, 0.717) is 11.5 Å². The molecule has 1 heterocycles. The van der Waals surface area contributed by atoms with Crippen molar-refractivity contribution in [1.82, 2.24) is 10.2 Å². The zero-order valence-corrected chi connectivity index (χ0v) is 15.0. The topological polar surface area (TPSA) is 15.3 Å². The molecule has 3 atom stereocenters. The highest BCUT2D eigenvalue weighted by molar-refractivity contribution is 4.91. The number of likely N-dealkylation sites (tertiary alicyclic amines) is 1. The third-order valence-electron chi connectivity index (χ3n) is 5.73. The Bertz CT molecular complexity index is 300. The summed E-state index contributed by atoms with van der Waals surface area (Å²) in [5.41, 5.74) is 0.443. The molecule has 2 nitrogen and oxygen atoms in total. The van der Waals surface area contributed by atoms with Gasteiger partial charge < -0.3 is 5.32 Å². The van der Waals surface area contributed by atoms with E-state index in [-0.39, 0.29) is 0 Å². The minimum absolute atomic E-state index is 0.443. The van der Waals surface area contributed by atoms with Crippen molar-refractivity contribution in [3.63, 3.8) is 0 Å². The van der Waals surface area contributed by atoms with E-state index in [0.717, 1.165) is 12.0 Å². The highest BCUT2D eigenvalue weighted by atomic mass is 15.2. The first kappa shape index (κ1) is 17.3. The third-order valence-corrected chi connectivity index (χ3v) is 5.73. The molecule has 1 aliphatic heterocycles. The molecule has 0 aromatic carbocycles. The van der Waals surface area contributed by atoms with Crippen molar-refractivity contribution in [1.29, 1.82) is 0 Å². The van der Waals surface area contributed by atoms with E-state index >= 15 is 0 Å². The Balaban J connectivity index is 1.97. The van der Waals surface area contributed by atoms with Crippen LogP contribution in [0.15, 0.2) is 0 Å². The Morgan fingerprint density at radius 1 is 1.14 bits per heavy atom. The molecule has 0 aromatic heterocycles. The molecular formula is C19H38N2. The summed E-state index contributed by atoms with van der Waals surface area (Å²) in [5, 5.41) is 3.71. The lowest BCUT2D eigenvalue weighted by molar-refractivity contribution is 0.0246. The van der Waals surface area contributed by atoms with E-state index < -0.39 is 0 Å². The van der Waals surface area contributed by atoms with Crippen molar-refractivity contribution in [3.8, 4) is 0 Å². The number of hydrogen-bond donors (Lipinski definition) is 1. The van der Waals surface area contributed by atoms with Crippen LogP contribution < -0.4 is 5.32 Å². The van der Waals surface area contributed by atoms with Gasteiger partial charge in [-0.1, -0.05) is 47.0 Å². The van der Waals surface area contributed by atoms with E-state index in [4.69, 9.17) is 0 Å². The van der Waals surface area contributed by atoms with Crippen LogP contribution in [0.25, 0.3) is 0 Å². The van der Waals surface area contributed by atoms with Gasteiger partial charge in [0.05, 0.1) is 0 Å². The summed E-state index contributed by atoms with van der Waals surface area (Å²) in [6.45, 7) is 13.2. The number of piperidine rings is 1. The van der Waals surface area contributed by atoms with Gasteiger partial charge in [-0.05, 0) is 50.0 Å². The van der Waals surface area contributed by atoms with Gasteiger partial charge in [-0.15, -0.1) is 0 Å². The molecule has 1 aliphatic carbocycles. The number of hydrogen-bond acceptors (Lipinski definition) is 2. The highest BCUT2D eigenvalue weighted by Gasteiger charge is 2.36. The van der Waals surface area contributed by atoms with Gasteiger partial charge in [0, 0.05) is 25.2 Å². The lowest BCUT2D eigenvalue weighted by Gasteiger charge is -2.47. The zero-order chi connectivity index (χ0) is 15.3. The van der Waals surface area contributed by atoms with E-state index in [1.165, 1.54) is 71.0 Å². The van der Waals surface area contributed by atoms with Crippen LogP contribution in [0.4, 0.5) is 0 Å². The molecule has 0 amide bonds. The van der Waals surface area contributed by atoms with Crippen LogP contribution >= 0.6 is 0 Å². The van der Waals surface area contributed by atoms with Crippen molar-refractivity contribution >= 4 is 0 Å². The average molecular weight is 295 g/mol. The van der Waals surface area contributed by atoms with Gasteiger partial charge in [0.1, 0.15) is 0 Å². The van der Waals surface area contributed by atoms with E-state index in [1.54, 1.807) is 0 Å². The van der Waals surface area contributed by atoms with Gasteiger partial charge in [-0.3, -0.25) is 4.90 Å². The molecule has 1 saturated carbocycles. The first-order valence-corrected chi connectivity index (χ1v) is 9.51. The van der Waals surface area contributed by atoms with Crippen LogP contribution in [0.2, 0.25) is 0 Å². The van der Waals surface area contributed by atoms with Crippen LogP contribution in [0.5, 0.6) is 0 Å². The van der Waals surface area contributed by atoms with Crippen molar-refractivity contribution in [3.05, 3.63) is 0 Å². The third kappa shape index (κ3) is 4.96. The van der Waals surface area contributed by atoms with Gasteiger partial charge in [-0.2, -0.15) is 0 Å². The Hall–Kier alpha value is -0.0800. The molecule has 2 heteroatoms. The Morgan fingerprint density at radius 3 is 2.57 bits per heavy atom. The monoisotopic (exact) mass is 294 g/mol. The molecule has 2 aliphatic rings. The molecule has 0 spiro atoms. The molecule has 1 saturated heterocycles. The summed E-state index contributed by atoms with van der Waals surface area (Å²) in [5.74, 6) is 1.01. The lowest BCUT2D eigenvalue weighted by Crippen LogP contribution is -2.52. The lowest BCUT2D eigenvalue weighted by atomic mass is 9.76. The maximum absolute atomic E-state index is 3.71. The standard InChI is InChI=1S/C19H38N2/c1-5-12-19(4,14-20-16(2)3)15-21-13-8-10-17-9-6-7-11-18(17)21/h16-18,20H,5-15H2,1-4H3. The minimum Gasteiger partial charge on any atom is -0.314 e. The van der Waals surface area contributed by atoms with Gasteiger partial charge in [-0.25, -0.2) is 0 Å². The fourth-order valence-corrected chi connectivity index (χ4v) is 4.69. The first-order valence-electron chi connectivity index (χ1n) is 9.51. The number of rotatable bonds is 7. The molecule has 2 fully saturated rings. The molecule has 1 N–H and O–H groups in total. The summed E-state index contributed by atoms with van der Waals surface area (Å²) in [6.07, 6.45) is 11.5. The second-order valence-corrected chi connectivity index (χ2v) is 8.32. The molecular weight excluding hydrogens is 256 g/mol. The van der Waals surface area contributed by atoms with E-state index in [2.05, 4.69) is 37.9 Å². The molecule has 0 bridgehead atoms. The molecule has 0 radical (unpaired) electrons. The van der Waals surface area contributed by atoms with Crippen molar-refractivity contribution in [2.75, 3.05) is 19.6 Å². The predicted molar refractivity (Wildman–Crippen MR) is 92.7 cm³/mol. The van der Waals surface area contributed by atoms with Gasteiger partial charge >= 0.3 is 0 Å². The van der Waals surface area contributed by atoms with Crippen molar-refractivity contribution < 1.29 is 0 Å². The zero-order valence-electron chi connectivity index (χ0n) is 15.0. The maximum Gasteiger partial charge on any atom is 0.0124 e. The summed E-state index contributed by atoms with van der Waals surface area (Å²) in [4.78, 5) is 2.88.